The Kier molecular flexibility index (Phi) is 7.39. The number of para-hydroxylation sites is 1. The van der Waals surface area contributed by atoms with E-state index in [1.165, 1.54) is 4.90 Å². The average Bonchev–Trinajstić information content (AvgIpc) is 3.36. The lowest BCUT2D eigenvalue weighted by Crippen LogP contribution is -2.50. The molecule has 1 saturated heterocycles. The quantitative estimate of drug-likeness (QED) is 0.602. The van der Waals surface area contributed by atoms with Crippen LogP contribution in [0.2, 0.25) is 0 Å². The summed E-state index contributed by atoms with van der Waals surface area (Å²) in [5.41, 5.74) is 2.76. The second-order valence-electron chi connectivity index (χ2n) is 7.85. The number of hydrogen-bond donors (Lipinski definition) is 1. The molecule has 33 heavy (non-hydrogen) atoms. The van der Waals surface area contributed by atoms with E-state index in [0.29, 0.717) is 29.8 Å². The Hall–Kier alpha value is -3.20. The van der Waals surface area contributed by atoms with Gasteiger partial charge in [-0.05, 0) is 24.5 Å². The standard InChI is InChI=1S/C24H25BrN4O4/c25-14-19-18-10-4-5-11-20(18)29(15-21(30)28-12-6-7-13-28)23(31)22(26-19)27-24(32)33-16-17-8-2-1-3-9-17/h1-5,8-11,22H,6-7,12-16H2,(H,27,32). The topological polar surface area (TPSA) is 91.3 Å². The Morgan fingerprint density at radius 2 is 1.76 bits per heavy atom. The van der Waals surface area contributed by atoms with Gasteiger partial charge >= 0.3 is 6.09 Å². The Balaban J connectivity index is 1.55. The first kappa shape index (κ1) is 23.0. The number of ether oxygens (including phenoxy) is 1. The summed E-state index contributed by atoms with van der Waals surface area (Å²) in [5.74, 6) is -0.606. The molecule has 2 aliphatic rings. The predicted octanol–water partition coefficient (Wildman–Crippen LogP) is 3.09. The van der Waals surface area contributed by atoms with E-state index in [1.807, 2.05) is 48.5 Å². The van der Waals surface area contributed by atoms with Crippen LogP contribution in [0, 0.1) is 0 Å². The van der Waals surface area contributed by atoms with Crippen molar-refractivity contribution in [3.05, 3.63) is 65.7 Å². The molecule has 0 radical (unpaired) electrons. The molecule has 4 rings (SSSR count). The van der Waals surface area contributed by atoms with Gasteiger partial charge in [0.15, 0.2) is 0 Å². The maximum atomic E-state index is 13.5. The van der Waals surface area contributed by atoms with Crippen LogP contribution < -0.4 is 10.2 Å². The number of benzene rings is 2. The number of halogens is 1. The number of benzodiazepines with no additional fused rings is 1. The minimum Gasteiger partial charge on any atom is -0.445 e. The number of alkyl carbamates (subject to hydrolysis) is 1. The van der Waals surface area contributed by atoms with Gasteiger partial charge in [0, 0.05) is 24.0 Å². The number of carbonyl (C=O) groups excluding carboxylic acids is 3. The molecule has 1 fully saturated rings. The van der Waals surface area contributed by atoms with Crippen LogP contribution >= 0.6 is 15.9 Å². The van der Waals surface area contributed by atoms with Gasteiger partial charge in [-0.25, -0.2) is 4.79 Å². The van der Waals surface area contributed by atoms with Crippen molar-refractivity contribution in [3.8, 4) is 0 Å². The summed E-state index contributed by atoms with van der Waals surface area (Å²) < 4.78 is 5.29. The fraction of sp³-hybridized carbons (Fsp3) is 0.333. The van der Waals surface area contributed by atoms with Crippen molar-refractivity contribution in [2.24, 2.45) is 4.99 Å². The zero-order chi connectivity index (χ0) is 23.2. The van der Waals surface area contributed by atoms with Crippen molar-refractivity contribution in [3.63, 3.8) is 0 Å². The predicted molar refractivity (Wildman–Crippen MR) is 128 cm³/mol. The highest BCUT2D eigenvalue weighted by atomic mass is 79.9. The zero-order valence-electron chi connectivity index (χ0n) is 18.1. The number of nitrogens with zero attached hydrogens (tertiary/aromatic N) is 3. The van der Waals surface area contributed by atoms with E-state index in [4.69, 9.17) is 4.74 Å². The highest BCUT2D eigenvalue weighted by molar-refractivity contribution is 9.09. The Morgan fingerprint density at radius 1 is 1.06 bits per heavy atom. The number of carbonyl (C=O) groups is 3. The summed E-state index contributed by atoms with van der Waals surface area (Å²) in [6, 6.07) is 16.6. The van der Waals surface area contributed by atoms with E-state index < -0.39 is 18.2 Å². The second kappa shape index (κ2) is 10.6. The average molecular weight is 513 g/mol. The molecule has 0 saturated carbocycles. The van der Waals surface area contributed by atoms with Crippen LogP contribution in [0.5, 0.6) is 0 Å². The maximum absolute atomic E-state index is 13.5. The van der Waals surface area contributed by atoms with Crippen LogP contribution in [0.1, 0.15) is 24.0 Å². The first-order chi connectivity index (χ1) is 16.1. The summed E-state index contributed by atoms with van der Waals surface area (Å²) in [7, 11) is 0. The van der Waals surface area contributed by atoms with Gasteiger partial charge in [0.2, 0.25) is 12.1 Å². The van der Waals surface area contributed by atoms with Crippen LogP contribution in [-0.4, -0.2) is 59.6 Å². The van der Waals surface area contributed by atoms with E-state index in [-0.39, 0.29) is 19.1 Å². The fourth-order valence-corrected chi connectivity index (χ4v) is 4.39. The third-order valence-electron chi connectivity index (χ3n) is 5.64. The summed E-state index contributed by atoms with van der Waals surface area (Å²) >= 11 is 3.44. The minimum atomic E-state index is -1.21. The number of anilines is 1. The van der Waals surface area contributed by atoms with Gasteiger partial charge in [-0.2, -0.15) is 0 Å². The van der Waals surface area contributed by atoms with Crippen molar-refractivity contribution >= 4 is 45.2 Å². The molecule has 1 unspecified atom stereocenters. The van der Waals surface area contributed by atoms with Crippen LogP contribution in [0.25, 0.3) is 0 Å². The van der Waals surface area contributed by atoms with E-state index in [2.05, 4.69) is 26.2 Å². The molecule has 1 N–H and O–H groups in total. The van der Waals surface area contributed by atoms with Gasteiger partial charge in [0.05, 0.1) is 11.4 Å². The molecule has 8 nitrogen and oxygen atoms in total. The van der Waals surface area contributed by atoms with Crippen molar-refractivity contribution in [2.75, 3.05) is 29.9 Å². The minimum absolute atomic E-state index is 0.0694. The molecule has 0 aromatic heterocycles. The van der Waals surface area contributed by atoms with Crippen LogP contribution in [-0.2, 0) is 20.9 Å². The van der Waals surface area contributed by atoms with Crippen LogP contribution in [0.15, 0.2) is 59.6 Å². The zero-order valence-corrected chi connectivity index (χ0v) is 19.7. The number of likely N-dealkylation sites (tertiary alicyclic amines) is 1. The summed E-state index contributed by atoms with van der Waals surface area (Å²) in [6.07, 6.45) is -0.0407. The molecule has 2 aromatic rings. The van der Waals surface area contributed by atoms with E-state index in [9.17, 15) is 14.4 Å². The first-order valence-electron chi connectivity index (χ1n) is 10.8. The number of aliphatic imine (C=N–C) groups is 1. The third-order valence-corrected chi connectivity index (χ3v) is 6.17. The molecule has 172 valence electrons. The molecular formula is C24H25BrN4O4. The molecule has 2 aromatic carbocycles. The molecule has 9 heteroatoms. The van der Waals surface area contributed by atoms with Crippen LogP contribution in [0.4, 0.5) is 10.5 Å². The largest absolute Gasteiger partial charge is 0.445 e. The monoisotopic (exact) mass is 512 g/mol. The maximum Gasteiger partial charge on any atom is 0.409 e. The lowest BCUT2D eigenvalue weighted by atomic mass is 10.1. The Labute approximate surface area is 200 Å². The number of rotatable bonds is 6. The molecule has 2 aliphatic heterocycles. The van der Waals surface area contributed by atoms with Crippen LogP contribution in [0.3, 0.4) is 0 Å². The third kappa shape index (κ3) is 5.42. The smallest absolute Gasteiger partial charge is 0.409 e. The number of alkyl halides is 1. The molecule has 0 spiro atoms. The van der Waals surface area contributed by atoms with Crippen molar-refractivity contribution in [1.29, 1.82) is 0 Å². The SMILES string of the molecule is O=C(NC1N=C(CBr)c2ccccc2N(CC(=O)N2CCCC2)C1=O)OCc1ccccc1. The first-order valence-corrected chi connectivity index (χ1v) is 12.0. The molecular weight excluding hydrogens is 488 g/mol. The van der Waals surface area contributed by atoms with Gasteiger partial charge in [-0.1, -0.05) is 64.5 Å². The molecule has 1 atom stereocenters. The molecule has 2 heterocycles. The van der Waals surface area contributed by atoms with Gasteiger partial charge in [-0.15, -0.1) is 0 Å². The highest BCUT2D eigenvalue weighted by Gasteiger charge is 2.34. The summed E-state index contributed by atoms with van der Waals surface area (Å²) in [5, 5.41) is 2.94. The Morgan fingerprint density at radius 3 is 2.48 bits per heavy atom. The number of fused-ring (bicyclic) bond motifs is 1. The van der Waals surface area contributed by atoms with Gasteiger partial charge < -0.3 is 9.64 Å². The summed E-state index contributed by atoms with van der Waals surface area (Å²) in [6.45, 7) is 1.34. The van der Waals surface area contributed by atoms with E-state index in [0.717, 1.165) is 24.0 Å². The van der Waals surface area contributed by atoms with E-state index >= 15 is 0 Å². The lowest BCUT2D eigenvalue weighted by molar-refractivity contribution is -0.130. The van der Waals surface area contributed by atoms with Crippen molar-refractivity contribution < 1.29 is 19.1 Å². The molecule has 3 amide bonds. The highest BCUT2D eigenvalue weighted by Crippen LogP contribution is 2.27. The van der Waals surface area contributed by atoms with Gasteiger partial charge in [-0.3, -0.25) is 24.8 Å². The number of nitrogens with one attached hydrogen (secondary N) is 1. The lowest BCUT2D eigenvalue weighted by Gasteiger charge is -2.27. The van der Waals surface area contributed by atoms with Gasteiger partial charge in [0.25, 0.3) is 5.91 Å². The number of hydrogen-bond acceptors (Lipinski definition) is 5. The Bertz CT molecular complexity index is 1050. The van der Waals surface area contributed by atoms with Crippen molar-refractivity contribution in [2.45, 2.75) is 25.6 Å². The normalized spacial score (nSPS) is 17.8. The summed E-state index contributed by atoms with van der Waals surface area (Å²) in [4.78, 5) is 46.6. The molecule has 0 aliphatic carbocycles. The fourth-order valence-electron chi connectivity index (χ4n) is 3.94. The second-order valence-corrected chi connectivity index (χ2v) is 8.41. The van der Waals surface area contributed by atoms with Gasteiger partial charge in [0.1, 0.15) is 13.2 Å². The van der Waals surface area contributed by atoms with E-state index in [1.54, 1.807) is 11.0 Å². The van der Waals surface area contributed by atoms with Crippen molar-refractivity contribution in [1.82, 2.24) is 10.2 Å². The molecule has 0 bridgehead atoms. The number of amides is 3.